The van der Waals surface area contributed by atoms with Crippen molar-refractivity contribution < 1.29 is 19.1 Å². The van der Waals surface area contributed by atoms with Crippen LogP contribution >= 0.6 is 0 Å². The molecule has 10 nitrogen and oxygen atoms in total. The van der Waals surface area contributed by atoms with E-state index in [9.17, 15) is 19.1 Å². The van der Waals surface area contributed by atoms with Crippen LogP contribution in [0.25, 0.3) is 33.4 Å². The Hall–Kier alpha value is -5.32. The van der Waals surface area contributed by atoms with Crippen molar-refractivity contribution in [2.75, 3.05) is 24.2 Å². The van der Waals surface area contributed by atoms with Crippen molar-refractivity contribution in [1.82, 2.24) is 25.3 Å². The maximum absolute atomic E-state index is 13.4. The number of benzene rings is 2. The van der Waals surface area contributed by atoms with E-state index in [-0.39, 0.29) is 12.4 Å². The number of hydrogen-bond acceptors (Lipinski definition) is 7. The van der Waals surface area contributed by atoms with E-state index in [1.165, 1.54) is 19.1 Å². The minimum Gasteiger partial charge on any atom is -0.479 e. The number of carbonyl (C=O) groups excluding carboxylic acids is 1. The Morgan fingerprint density at radius 1 is 1.02 bits per heavy atom. The van der Waals surface area contributed by atoms with Crippen LogP contribution in [0.5, 0.6) is 0 Å². The Kier molecular flexibility index (Phi) is 7.11. The Morgan fingerprint density at radius 2 is 1.82 bits per heavy atom. The van der Waals surface area contributed by atoms with Crippen LogP contribution in [0.2, 0.25) is 0 Å². The first-order valence-corrected chi connectivity index (χ1v) is 12.4. The number of anilines is 2. The number of fused-ring (bicyclic) bond motifs is 1. The fourth-order valence-corrected chi connectivity index (χ4v) is 4.21. The number of carboxylic acid groups (broad SMARTS) is 1. The predicted molar refractivity (Wildman–Crippen MR) is 150 cm³/mol. The van der Waals surface area contributed by atoms with E-state index >= 15 is 0 Å². The van der Waals surface area contributed by atoms with Gasteiger partial charge >= 0.3 is 5.97 Å². The first kappa shape index (κ1) is 26.3. The minimum atomic E-state index is -1.67. The molecule has 0 saturated carbocycles. The van der Waals surface area contributed by atoms with Crippen molar-refractivity contribution >= 4 is 34.5 Å². The Bertz CT molecular complexity index is 1700. The monoisotopic (exact) mass is 539 g/mol. The van der Waals surface area contributed by atoms with Crippen molar-refractivity contribution in [3.63, 3.8) is 0 Å². The molecule has 40 heavy (non-hydrogen) atoms. The number of aliphatic carboxylic acids is 1. The topological polar surface area (TPSA) is 145 Å². The summed E-state index contributed by atoms with van der Waals surface area (Å²) in [6, 6.07) is 18.1. The van der Waals surface area contributed by atoms with E-state index < -0.39 is 17.4 Å². The summed E-state index contributed by atoms with van der Waals surface area (Å²) < 4.78 is 13.4. The van der Waals surface area contributed by atoms with E-state index in [4.69, 9.17) is 0 Å². The van der Waals surface area contributed by atoms with Gasteiger partial charge in [-0.2, -0.15) is 0 Å². The maximum atomic E-state index is 13.4. The maximum Gasteiger partial charge on any atom is 0.330 e. The normalized spacial score (nSPS) is 12.5. The molecular weight excluding hydrogens is 513 g/mol. The number of pyridine rings is 1. The number of H-pyrrole nitrogens is 1. The molecule has 0 bridgehead atoms. The van der Waals surface area contributed by atoms with Gasteiger partial charge in [0.25, 0.3) is 5.91 Å². The first-order chi connectivity index (χ1) is 19.3. The molecule has 1 amide bonds. The zero-order valence-corrected chi connectivity index (χ0v) is 21.7. The highest BCUT2D eigenvalue weighted by molar-refractivity contribution is 6.01. The molecule has 5 N–H and O–H groups in total. The van der Waals surface area contributed by atoms with E-state index in [0.717, 1.165) is 16.6 Å². The second kappa shape index (κ2) is 10.8. The Labute approximate surface area is 228 Å². The SMILES string of the molecule is CNc1nccc(-c2cc3cc(C(=O)NC(C)(CNc4ncccc4-c4ccc(F)cc4)C(=O)O)ccc3[nH]2)n1. The highest BCUT2D eigenvalue weighted by Crippen LogP contribution is 2.27. The fourth-order valence-electron chi connectivity index (χ4n) is 4.21. The third-order valence-corrected chi connectivity index (χ3v) is 6.47. The number of carbonyl (C=O) groups is 2. The van der Waals surface area contributed by atoms with Gasteiger partial charge in [-0.3, -0.25) is 4.79 Å². The van der Waals surface area contributed by atoms with Gasteiger partial charge in [0.2, 0.25) is 5.95 Å². The lowest BCUT2D eigenvalue weighted by atomic mass is 10.0. The highest BCUT2D eigenvalue weighted by atomic mass is 19.1. The van der Waals surface area contributed by atoms with Crippen molar-refractivity contribution in [2.24, 2.45) is 0 Å². The van der Waals surface area contributed by atoms with E-state index in [1.54, 1.807) is 68.0 Å². The summed E-state index contributed by atoms with van der Waals surface area (Å²) in [7, 11) is 1.73. The van der Waals surface area contributed by atoms with Gasteiger partial charge in [0.05, 0.1) is 11.4 Å². The van der Waals surface area contributed by atoms with Gasteiger partial charge in [-0.15, -0.1) is 0 Å². The Balaban J connectivity index is 1.35. The lowest BCUT2D eigenvalue weighted by Gasteiger charge is -2.27. The molecule has 3 heterocycles. The van der Waals surface area contributed by atoms with E-state index in [0.29, 0.717) is 34.2 Å². The smallest absolute Gasteiger partial charge is 0.330 e. The number of carboxylic acids is 1. The molecule has 0 aliphatic rings. The largest absolute Gasteiger partial charge is 0.479 e. The van der Waals surface area contributed by atoms with E-state index in [2.05, 4.69) is 35.9 Å². The highest BCUT2D eigenvalue weighted by Gasteiger charge is 2.35. The predicted octanol–water partition coefficient (Wildman–Crippen LogP) is 4.55. The average molecular weight is 540 g/mol. The van der Waals surface area contributed by atoms with Gasteiger partial charge in [-0.05, 0) is 67.1 Å². The van der Waals surface area contributed by atoms with Crippen LogP contribution in [0, 0.1) is 5.82 Å². The lowest BCUT2D eigenvalue weighted by Crippen LogP contribution is -2.56. The summed E-state index contributed by atoms with van der Waals surface area (Å²) in [5.74, 6) is -1.25. The van der Waals surface area contributed by atoms with Crippen molar-refractivity contribution in [2.45, 2.75) is 12.5 Å². The average Bonchev–Trinajstić information content (AvgIpc) is 3.40. The second-order valence-electron chi connectivity index (χ2n) is 9.35. The number of halogens is 1. The van der Waals surface area contributed by atoms with E-state index in [1.807, 2.05) is 6.07 Å². The van der Waals surface area contributed by atoms with Gasteiger partial charge in [-0.1, -0.05) is 12.1 Å². The van der Waals surface area contributed by atoms with Crippen LogP contribution in [0.1, 0.15) is 17.3 Å². The minimum absolute atomic E-state index is 0.155. The first-order valence-electron chi connectivity index (χ1n) is 12.4. The quantitative estimate of drug-likeness (QED) is 0.183. The van der Waals surface area contributed by atoms with Gasteiger partial charge in [0.15, 0.2) is 5.54 Å². The van der Waals surface area contributed by atoms with Crippen LogP contribution in [0.3, 0.4) is 0 Å². The molecule has 3 aromatic heterocycles. The van der Waals surface area contributed by atoms with Crippen LogP contribution in [-0.4, -0.2) is 56.1 Å². The number of amides is 1. The Morgan fingerprint density at radius 3 is 2.58 bits per heavy atom. The zero-order valence-electron chi connectivity index (χ0n) is 21.7. The molecule has 0 spiro atoms. The lowest BCUT2D eigenvalue weighted by molar-refractivity contribution is -0.143. The summed E-state index contributed by atoms with van der Waals surface area (Å²) in [5.41, 5.74) is 2.23. The molecule has 0 aliphatic carbocycles. The molecule has 0 fully saturated rings. The molecule has 0 radical (unpaired) electrons. The number of hydrogen-bond donors (Lipinski definition) is 5. The zero-order chi connectivity index (χ0) is 28.3. The summed E-state index contributed by atoms with van der Waals surface area (Å²) in [6.45, 7) is 1.26. The van der Waals surface area contributed by atoms with Gasteiger partial charge in [0, 0.05) is 48.0 Å². The number of nitrogens with zero attached hydrogens (tertiary/aromatic N) is 3. The summed E-state index contributed by atoms with van der Waals surface area (Å²) in [5, 5.41) is 19.4. The fraction of sp³-hybridized carbons (Fsp3) is 0.138. The van der Waals surface area contributed by atoms with Crippen molar-refractivity contribution in [1.29, 1.82) is 0 Å². The third-order valence-electron chi connectivity index (χ3n) is 6.47. The molecular formula is C29H26FN7O3. The number of nitrogens with one attached hydrogen (secondary N) is 4. The van der Waals surface area contributed by atoms with Crippen LogP contribution in [0.4, 0.5) is 16.2 Å². The number of aromatic nitrogens is 4. The van der Waals surface area contributed by atoms with Gasteiger partial charge in [0.1, 0.15) is 11.6 Å². The van der Waals surface area contributed by atoms with Crippen LogP contribution < -0.4 is 16.0 Å². The van der Waals surface area contributed by atoms with Gasteiger partial charge < -0.3 is 26.0 Å². The third kappa shape index (κ3) is 5.44. The molecule has 1 unspecified atom stereocenters. The molecule has 5 aromatic rings. The molecule has 5 rings (SSSR count). The number of rotatable bonds is 9. The standard InChI is InChI=1S/C29H26FN7O3/c1-29(27(39)40,16-34-25-21(4-3-12-32-25)17-5-8-20(30)9-6-17)37-26(38)18-7-10-22-19(14-18)15-24(35-22)23-11-13-33-28(31-2)36-23/h3-15,35H,16H2,1-2H3,(H,32,34)(H,37,38)(H,39,40)(H,31,33,36). The molecule has 11 heteroatoms. The molecule has 2 aromatic carbocycles. The molecule has 202 valence electrons. The number of aromatic amines is 1. The molecule has 0 saturated heterocycles. The van der Waals surface area contributed by atoms with Gasteiger partial charge in [-0.25, -0.2) is 24.1 Å². The molecule has 1 atom stereocenters. The van der Waals surface area contributed by atoms with Crippen molar-refractivity contribution in [3.05, 3.63) is 90.5 Å². The summed E-state index contributed by atoms with van der Waals surface area (Å²) >= 11 is 0. The van der Waals surface area contributed by atoms with Crippen LogP contribution in [-0.2, 0) is 4.79 Å². The molecule has 0 aliphatic heterocycles. The van der Waals surface area contributed by atoms with Crippen LogP contribution in [0.15, 0.2) is 79.1 Å². The van der Waals surface area contributed by atoms with Crippen molar-refractivity contribution in [3.8, 4) is 22.5 Å². The summed E-state index contributed by atoms with van der Waals surface area (Å²) in [4.78, 5) is 41.6. The second-order valence-corrected chi connectivity index (χ2v) is 9.35. The summed E-state index contributed by atoms with van der Waals surface area (Å²) in [6.07, 6.45) is 3.21.